The molecule has 31 heavy (non-hydrogen) atoms. The minimum absolute atomic E-state index is 0.0191. The van der Waals surface area contributed by atoms with Gasteiger partial charge < -0.3 is 24.4 Å². The van der Waals surface area contributed by atoms with Gasteiger partial charge in [0.2, 0.25) is 0 Å². The van der Waals surface area contributed by atoms with Crippen LogP contribution in [0.15, 0.2) is 63.7 Å². The molecule has 0 spiro atoms. The number of esters is 1. The zero-order chi connectivity index (χ0) is 22.4. The molecule has 0 atom stereocenters. The topological polar surface area (TPSA) is 97.6 Å². The van der Waals surface area contributed by atoms with E-state index in [0.29, 0.717) is 39.3 Å². The maximum Gasteiger partial charge on any atom is 0.344 e. The number of aliphatic hydroxyl groups is 1. The van der Waals surface area contributed by atoms with Crippen molar-refractivity contribution in [3.63, 3.8) is 0 Å². The van der Waals surface area contributed by atoms with Crippen molar-refractivity contribution in [1.29, 1.82) is 0 Å². The fourth-order valence-electron chi connectivity index (χ4n) is 2.83. The number of rotatable bonds is 7. The quantitative estimate of drug-likeness (QED) is 0.584. The number of ether oxygens (including phenoxy) is 3. The first-order valence-electron chi connectivity index (χ1n) is 9.66. The highest BCUT2D eigenvalue weighted by molar-refractivity contribution is 8.18. The third-order valence-corrected chi connectivity index (χ3v) is 5.31. The van der Waals surface area contributed by atoms with Gasteiger partial charge in [0.25, 0.3) is 0 Å². The third kappa shape index (κ3) is 5.03. The lowest BCUT2D eigenvalue weighted by Crippen LogP contribution is -2.12. The summed E-state index contributed by atoms with van der Waals surface area (Å²) in [6, 6.07) is 12.0. The number of phenols is 1. The van der Waals surface area contributed by atoms with E-state index < -0.39 is 5.97 Å². The molecule has 0 amide bonds. The van der Waals surface area contributed by atoms with Gasteiger partial charge >= 0.3 is 5.97 Å². The number of para-hydroxylation sites is 1. The smallest absolute Gasteiger partial charge is 0.344 e. The van der Waals surface area contributed by atoms with Gasteiger partial charge in [0, 0.05) is 5.56 Å². The lowest BCUT2D eigenvalue weighted by atomic mass is 10.1. The lowest BCUT2D eigenvalue weighted by Gasteiger charge is -2.08. The van der Waals surface area contributed by atoms with Crippen molar-refractivity contribution in [3.05, 3.63) is 64.3 Å². The van der Waals surface area contributed by atoms with Crippen LogP contribution < -0.4 is 9.47 Å². The van der Waals surface area contributed by atoms with Gasteiger partial charge in [-0.05, 0) is 50.3 Å². The molecule has 8 heteroatoms. The number of carbonyl (C=O) groups is 1. The van der Waals surface area contributed by atoms with Gasteiger partial charge in [-0.2, -0.15) is 0 Å². The number of benzene rings is 2. The molecule has 2 aromatic rings. The number of nitrogens with zero attached hydrogens (tertiary/aromatic N) is 1. The van der Waals surface area contributed by atoms with E-state index in [1.165, 1.54) is 0 Å². The Morgan fingerprint density at radius 2 is 1.84 bits per heavy atom. The minimum atomic E-state index is -0.671. The summed E-state index contributed by atoms with van der Waals surface area (Å²) in [5.41, 5.74) is 1.00. The molecule has 7 nitrogen and oxygen atoms in total. The van der Waals surface area contributed by atoms with Gasteiger partial charge in [-0.25, -0.2) is 9.79 Å². The number of methoxy groups -OCH3 is 1. The van der Waals surface area contributed by atoms with Crippen LogP contribution in [0.3, 0.4) is 0 Å². The molecule has 162 valence electrons. The molecule has 0 saturated heterocycles. The lowest BCUT2D eigenvalue weighted by molar-refractivity contribution is -0.138. The zero-order valence-electron chi connectivity index (χ0n) is 17.4. The van der Waals surface area contributed by atoms with Crippen LogP contribution in [0.5, 0.6) is 17.2 Å². The Hall–Kier alpha value is -3.39. The van der Waals surface area contributed by atoms with Crippen molar-refractivity contribution < 1.29 is 29.2 Å². The number of aromatic hydroxyl groups is 1. The van der Waals surface area contributed by atoms with Crippen LogP contribution in [0.25, 0.3) is 6.08 Å². The highest BCUT2D eigenvalue weighted by Gasteiger charge is 2.33. The maximum absolute atomic E-state index is 12.5. The normalized spacial score (nSPS) is 16.1. The van der Waals surface area contributed by atoms with Crippen molar-refractivity contribution in [2.45, 2.75) is 13.8 Å². The van der Waals surface area contributed by atoms with Crippen molar-refractivity contribution in [3.8, 4) is 17.2 Å². The van der Waals surface area contributed by atoms with E-state index in [1.54, 1.807) is 62.6 Å². The Kier molecular flexibility index (Phi) is 7.25. The summed E-state index contributed by atoms with van der Waals surface area (Å²) in [5, 5.41) is 21.5. The molecule has 0 unspecified atom stereocenters. The summed E-state index contributed by atoms with van der Waals surface area (Å²) >= 11 is 1.11. The first-order chi connectivity index (χ1) is 15.0. The predicted molar refractivity (Wildman–Crippen MR) is 121 cm³/mol. The second-order valence-corrected chi connectivity index (χ2v) is 7.33. The Balaban J connectivity index is 2.03. The fourth-order valence-corrected chi connectivity index (χ4v) is 3.86. The van der Waals surface area contributed by atoms with Crippen molar-refractivity contribution in [2.75, 3.05) is 20.3 Å². The number of hydrogen-bond donors (Lipinski definition) is 2. The monoisotopic (exact) mass is 441 g/mol. The van der Waals surface area contributed by atoms with Crippen LogP contribution in [0.1, 0.15) is 19.4 Å². The van der Waals surface area contributed by atoms with E-state index in [0.717, 1.165) is 11.8 Å². The van der Waals surface area contributed by atoms with Gasteiger partial charge in [0.15, 0.2) is 11.5 Å². The molecule has 1 aliphatic heterocycles. The molecule has 0 aliphatic carbocycles. The molecule has 0 saturated carbocycles. The van der Waals surface area contributed by atoms with Crippen LogP contribution >= 0.6 is 11.8 Å². The van der Waals surface area contributed by atoms with E-state index in [2.05, 4.69) is 4.99 Å². The minimum Gasteiger partial charge on any atom is -0.506 e. The highest BCUT2D eigenvalue weighted by Crippen LogP contribution is 2.42. The summed E-state index contributed by atoms with van der Waals surface area (Å²) < 4.78 is 15.7. The third-order valence-electron chi connectivity index (χ3n) is 4.29. The predicted octanol–water partition coefficient (Wildman–Crippen LogP) is 4.99. The van der Waals surface area contributed by atoms with Gasteiger partial charge in [-0.3, -0.25) is 0 Å². The average Bonchev–Trinajstić information content (AvgIpc) is 3.06. The van der Waals surface area contributed by atoms with Crippen LogP contribution in [0.4, 0.5) is 5.69 Å². The first kappa shape index (κ1) is 22.3. The summed E-state index contributed by atoms with van der Waals surface area (Å²) in [4.78, 5) is 17.4. The van der Waals surface area contributed by atoms with Crippen molar-refractivity contribution >= 4 is 34.5 Å². The molecule has 0 aromatic heterocycles. The Morgan fingerprint density at radius 1 is 1.10 bits per heavy atom. The van der Waals surface area contributed by atoms with Gasteiger partial charge in [0.1, 0.15) is 22.1 Å². The number of phenolic OH excluding ortho intramolecular Hbond substituents is 1. The fraction of sp³-hybridized carbons (Fsp3) is 0.217. The van der Waals surface area contributed by atoms with E-state index in [9.17, 15) is 15.0 Å². The number of aliphatic hydroxyl groups excluding tert-OH is 1. The van der Waals surface area contributed by atoms with E-state index in [-0.39, 0.29) is 23.7 Å². The van der Waals surface area contributed by atoms with E-state index >= 15 is 0 Å². The number of carbonyl (C=O) groups excluding carboxylic acids is 1. The number of thioether (sulfide) groups is 1. The van der Waals surface area contributed by atoms with Crippen LogP contribution in [-0.4, -0.2) is 41.5 Å². The number of aliphatic imine (C=N–C) groups is 1. The van der Waals surface area contributed by atoms with Gasteiger partial charge in [-0.1, -0.05) is 23.9 Å². The largest absolute Gasteiger partial charge is 0.506 e. The second-order valence-electron chi connectivity index (χ2n) is 6.30. The molecule has 1 heterocycles. The highest BCUT2D eigenvalue weighted by atomic mass is 32.2. The van der Waals surface area contributed by atoms with E-state index in [1.807, 2.05) is 6.92 Å². The Bertz CT molecular complexity index is 1060. The first-order valence-corrected chi connectivity index (χ1v) is 10.5. The number of hydrogen-bond acceptors (Lipinski definition) is 8. The van der Waals surface area contributed by atoms with Gasteiger partial charge in [-0.15, -0.1) is 0 Å². The van der Waals surface area contributed by atoms with E-state index in [4.69, 9.17) is 14.2 Å². The van der Waals surface area contributed by atoms with Crippen molar-refractivity contribution in [2.24, 2.45) is 4.99 Å². The summed E-state index contributed by atoms with van der Waals surface area (Å²) in [7, 11) is 1.57. The summed E-state index contributed by atoms with van der Waals surface area (Å²) in [6.45, 7) is 4.07. The SMILES string of the molecule is CCOC(=O)C1=C(O)C(=Cc2cccc(OCC)c2O)SC1=Nc1ccc(OC)cc1. The summed E-state index contributed by atoms with van der Waals surface area (Å²) in [6.07, 6.45) is 1.58. The Morgan fingerprint density at radius 3 is 2.48 bits per heavy atom. The van der Waals surface area contributed by atoms with Crippen molar-refractivity contribution in [1.82, 2.24) is 0 Å². The summed E-state index contributed by atoms with van der Waals surface area (Å²) in [5.74, 6) is 0.0363. The molecule has 0 fully saturated rings. The average molecular weight is 442 g/mol. The molecular formula is C23H23NO6S. The van der Waals surface area contributed by atoms with Crippen LogP contribution in [0, 0.1) is 0 Å². The zero-order valence-corrected chi connectivity index (χ0v) is 18.2. The molecule has 3 rings (SSSR count). The molecule has 1 aliphatic rings. The maximum atomic E-state index is 12.5. The molecule has 2 aromatic carbocycles. The second kappa shape index (κ2) is 10.1. The molecule has 0 bridgehead atoms. The van der Waals surface area contributed by atoms with Crippen LogP contribution in [0.2, 0.25) is 0 Å². The van der Waals surface area contributed by atoms with Crippen LogP contribution in [-0.2, 0) is 9.53 Å². The molecule has 0 radical (unpaired) electrons. The molecule has 2 N–H and O–H groups in total. The Labute approximate surface area is 184 Å². The standard InChI is InChI=1S/C23H23NO6S/c1-4-29-17-8-6-7-14(20(17)25)13-18-21(26)19(23(27)30-5-2)22(31-18)24-15-9-11-16(28-3)12-10-15/h6-13,25-26H,4-5H2,1-3H3. The molecular weight excluding hydrogens is 418 g/mol. The van der Waals surface area contributed by atoms with Gasteiger partial charge in [0.05, 0.1) is 30.9 Å².